The Bertz CT molecular complexity index is 1100. The van der Waals surface area contributed by atoms with Crippen LogP contribution in [-0.2, 0) is 0 Å². The van der Waals surface area contributed by atoms with Crippen LogP contribution in [0.2, 0.25) is 0 Å². The van der Waals surface area contributed by atoms with E-state index in [4.69, 9.17) is 4.74 Å². The Balaban J connectivity index is 1.62. The van der Waals surface area contributed by atoms with E-state index in [0.717, 1.165) is 33.8 Å². The van der Waals surface area contributed by atoms with Crippen LogP contribution in [0.1, 0.15) is 5.56 Å². The van der Waals surface area contributed by atoms with Crippen LogP contribution in [-0.4, -0.2) is 28.5 Å². The largest absolute Gasteiger partial charge is 0.497 e. The van der Waals surface area contributed by atoms with E-state index in [-0.39, 0.29) is 0 Å². The molecule has 1 aromatic heterocycles. The average Bonchev–Trinajstić information content (AvgIpc) is 2.80. The second-order valence-corrected chi connectivity index (χ2v) is 6.21. The van der Waals surface area contributed by atoms with Crippen LogP contribution in [0.25, 0.3) is 22.5 Å². The van der Waals surface area contributed by atoms with Gasteiger partial charge in [0, 0.05) is 11.1 Å². The van der Waals surface area contributed by atoms with Gasteiger partial charge in [-0.1, -0.05) is 60.7 Å². The van der Waals surface area contributed by atoms with Gasteiger partial charge in [0.1, 0.15) is 17.1 Å². The van der Waals surface area contributed by atoms with Gasteiger partial charge in [-0.2, -0.15) is 5.10 Å². The molecule has 0 fully saturated rings. The van der Waals surface area contributed by atoms with Crippen LogP contribution in [0.15, 0.2) is 90.0 Å². The Morgan fingerprint density at radius 1 is 0.759 bits per heavy atom. The minimum atomic E-state index is 0.327. The molecule has 0 radical (unpaired) electrons. The number of nitrogens with one attached hydrogen (secondary N) is 1. The van der Waals surface area contributed by atoms with E-state index < -0.39 is 0 Å². The van der Waals surface area contributed by atoms with E-state index in [1.807, 2.05) is 84.9 Å². The molecule has 0 bridgehead atoms. The monoisotopic (exact) mass is 381 g/mol. The normalized spacial score (nSPS) is 10.8. The van der Waals surface area contributed by atoms with Gasteiger partial charge in [-0.25, -0.2) is 10.4 Å². The summed E-state index contributed by atoms with van der Waals surface area (Å²) < 4.78 is 5.16. The molecule has 1 heterocycles. The summed E-state index contributed by atoms with van der Waals surface area (Å²) in [4.78, 5) is 4.66. The van der Waals surface area contributed by atoms with Crippen LogP contribution >= 0.6 is 0 Å². The highest BCUT2D eigenvalue weighted by molar-refractivity contribution is 5.80. The van der Waals surface area contributed by atoms with E-state index in [2.05, 4.69) is 25.7 Å². The zero-order valence-electron chi connectivity index (χ0n) is 15.9. The second kappa shape index (κ2) is 8.75. The predicted molar refractivity (Wildman–Crippen MR) is 115 cm³/mol. The van der Waals surface area contributed by atoms with Crippen molar-refractivity contribution in [2.24, 2.45) is 5.10 Å². The number of aromatic nitrogens is 3. The van der Waals surface area contributed by atoms with Crippen LogP contribution in [0, 0.1) is 0 Å². The second-order valence-electron chi connectivity index (χ2n) is 6.21. The van der Waals surface area contributed by atoms with Gasteiger partial charge in [-0.15, -0.1) is 10.2 Å². The molecule has 0 amide bonds. The van der Waals surface area contributed by atoms with Crippen molar-refractivity contribution in [2.75, 3.05) is 12.5 Å². The first-order valence-electron chi connectivity index (χ1n) is 9.12. The molecule has 29 heavy (non-hydrogen) atoms. The maximum Gasteiger partial charge on any atom is 0.263 e. The van der Waals surface area contributed by atoms with Crippen LogP contribution in [0.4, 0.5) is 5.95 Å². The number of rotatable bonds is 6. The molecular formula is C23H19N5O. The van der Waals surface area contributed by atoms with E-state index in [1.165, 1.54) is 0 Å². The summed E-state index contributed by atoms with van der Waals surface area (Å²) in [5.74, 6) is 1.12. The summed E-state index contributed by atoms with van der Waals surface area (Å²) in [5.41, 5.74) is 7.18. The molecule has 1 N–H and O–H groups in total. The SMILES string of the molecule is COc1ccc(/C=N/Nc2nnc(-c3ccccc3)c(-c3ccccc3)n2)cc1. The number of hydrogen-bond donors (Lipinski definition) is 1. The highest BCUT2D eigenvalue weighted by Crippen LogP contribution is 2.28. The van der Waals surface area contributed by atoms with Gasteiger partial charge >= 0.3 is 0 Å². The minimum absolute atomic E-state index is 0.327. The third kappa shape index (κ3) is 4.44. The summed E-state index contributed by atoms with van der Waals surface area (Å²) in [7, 11) is 1.64. The molecule has 3 aromatic carbocycles. The van der Waals surface area contributed by atoms with E-state index >= 15 is 0 Å². The van der Waals surface area contributed by atoms with Crippen molar-refractivity contribution in [3.05, 3.63) is 90.5 Å². The topological polar surface area (TPSA) is 72.3 Å². The Morgan fingerprint density at radius 2 is 1.38 bits per heavy atom. The molecule has 4 rings (SSSR count). The zero-order valence-corrected chi connectivity index (χ0v) is 15.9. The fraction of sp³-hybridized carbons (Fsp3) is 0.0435. The molecule has 0 saturated carbocycles. The number of methoxy groups -OCH3 is 1. The summed E-state index contributed by atoms with van der Waals surface area (Å²) in [6, 6.07) is 27.4. The van der Waals surface area contributed by atoms with Gasteiger partial charge in [0.15, 0.2) is 0 Å². The molecule has 0 spiro atoms. The van der Waals surface area contributed by atoms with Gasteiger partial charge < -0.3 is 4.74 Å². The zero-order chi connectivity index (χ0) is 19.9. The minimum Gasteiger partial charge on any atom is -0.497 e. The predicted octanol–water partition coefficient (Wildman–Crippen LogP) is 4.66. The molecule has 4 aromatic rings. The highest BCUT2D eigenvalue weighted by Gasteiger charge is 2.13. The van der Waals surface area contributed by atoms with E-state index in [9.17, 15) is 0 Å². The lowest BCUT2D eigenvalue weighted by atomic mass is 10.0. The Hall–Kier alpha value is -4.06. The number of hydrazone groups is 1. The van der Waals surface area contributed by atoms with Gasteiger partial charge in [-0.05, 0) is 29.8 Å². The smallest absolute Gasteiger partial charge is 0.263 e. The van der Waals surface area contributed by atoms with Crippen LogP contribution in [0.5, 0.6) is 5.75 Å². The molecule has 0 atom stereocenters. The van der Waals surface area contributed by atoms with Gasteiger partial charge in [0.25, 0.3) is 5.95 Å². The molecule has 0 aliphatic carbocycles. The highest BCUT2D eigenvalue weighted by atomic mass is 16.5. The summed E-state index contributed by atoms with van der Waals surface area (Å²) >= 11 is 0. The Morgan fingerprint density at radius 3 is 2.00 bits per heavy atom. The molecular weight excluding hydrogens is 362 g/mol. The maximum absolute atomic E-state index is 5.16. The lowest BCUT2D eigenvalue weighted by Gasteiger charge is -2.09. The van der Waals surface area contributed by atoms with Crippen molar-refractivity contribution in [3.63, 3.8) is 0 Å². The van der Waals surface area contributed by atoms with Crippen molar-refractivity contribution < 1.29 is 4.74 Å². The first-order valence-corrected chi connectivity index (χ1v) is 9.12. The molecule has 6 nitrogen and oxygen atoms in total. The molecule has 0 unspecified atom stereocenters. The number of ether oxygens (including phenoxy) is 1. The molecule has 142 valence electrons. The number of anilines is 1. The molecule has 0 aliphatic heterocycles. The van der Waals surface area contributed by atoms with E-state index in [1.54, 1.807) is 13.3 Å². The quantitative estimate of drug-likeness (QED) is 0.388. The third-order valence-corrected chi connectivity index (χ3v) is 4.28. The van der Waals surface area contributed by atoms with Crippen molar-refractivity contribution in [2.45, 2.75) is 0 Å². The first-order chi connectivity index (χ1) is 14.3. The fourth-order valence-corrected chi connectivity index (χ4v) is 2.82. The number of hydrogen-bond acceptors (Lipinski definition) is 6. The van der Waals surface area contributed by atoms with Crippen LogP contribution in [0.3, 0.4) is 0 Å². The molecule has 6 heteroatoms. The Labute approximate surface area is 168 Å². The Kier molecular flexibility index (Phi) is 5.53. The molecule has 0 aliphatic rings. The van der Waals surface area contributed by atoms with Crippen LogP contribution < -0.4 is 10.2 Å². The summed E-state index contributed by atoms with van der Waals surface area (Å²) in [5, 5.41) is 12.8. The van der Waals surface area contributed by atoms with Crippen molar-refractivity contribution >= 4 is 12.2 Å². The fourth-order valence-electron chi connectivity index (χ4n) is 2.82. The van der Waals surface area contributed by atoms with Crippen molar-refractivity contribution in [3.8, 4) is 28.3 Å². The van der Waals surface area contributed by atoms with Gasteiger partial charge in [-0.3, -0.25) is 0 Å². The number of benzene rings is 3. The summed E-state index contributed by atoms with van der Waals surface area (Å²) in [6.45, 7) is 0. The molecule has 0 saturated heterocycles. The summed E-state index contributed by atoms with van der Waals surface area (Å²) in [6.07, 6.45) is 1.69. The van der Waals surface area contributed by atoms with Crippen molar-refractivity contribution in [1.82, 2.24) is 15.2 Å². The van der Waals surface area contributed by atoms with Gasteiger partial charge in [0.2, 0.25) is 0 Å². The average molecular weight is 381 g/mol. The standard InChI is InChI=1S/C23H19N5O/c1-29-20-14-12-17(13-15-20)16-24-27-23-25-21(18-8-4-2-5-9-18)22(26-28-23)19-10-6-3-7-11-19/h2-16H,1H3,(H,25,27,28)/b24-16+. The maximum atomic E-state index is 5.16. The third-order valence-electron chi connectivity index (χ3n) is 4.28. The lowest BCUT2D eigenvalue weighted by Crippen LogP contribution is -2.03. The lowest BCUT2D eigenvalue weighted by molar-refractivity contribution is 0.415. The van der Waals surface area contributed by atoms with Gasteiger partial charge in [0.05, 0.1) is 13.3 Å². The first kappa shape index (κ1) is 18.3. The van der Waals surface area contributed by atoms with E-state index in [0.29, 0.717) is 5.95 Å². The van der Waals surface area contributed by atoms with Crippen molar-refractivity contribution in [1.29, 1.82) is 0 Å². The number of nitrogens with zero attached hydrogens (tertiary/aromatic N) is 4.